The number of ether oxygens (including phenoxy) is 1. The van der Waals surface area contributed by atoms with Gasteiger partial charge in [0, 0.05) is 6.54 Å². The number of carbonyl (C=O) groups is 2. The second kappa shape index (κ2) is 9.82. The molecule has 28 heavy (non-hydrogen) atoms. The molecular weight excluding hydrogens is 366 g/mol. The van der Waals surface area contributed by atoms with Crippen LogP contribution in [-0.4, -0.2) is 31.5 Å². The first-order chi connectivity index (χ1) is 13.3. The van der Waals surface area contributed by atoms with Crippen LogP contribution in [0.4, 0.5) is 8.78 Å². The van der Waals surface area contributed by atoms with E-state index in [1.807, 2.05) is 24.3 Å². The molecule has 150 valence electrons. The van der Waals surface area contributed by atoms with Crippen LogP contribution in [0.25, 0.3) is 0 Å². The topological polar surface area (TPSA) is 67.4 Å². The summed E-state index contributed by atoms with van der Waals surface area (Å²) >= 11 is 0. The first kappa shape index (κ1) is 21.3. The van der Waals surface area contributed by atoms with Gasteiger partial charge < -0.3 is 15.4 Å². The van der Waals surface area contributed by atoms with Gasteiger partial charge in [-0.3, -0.25) is 9.59 Å². The molecule has 0 heterocycles. The Bertz CT molecular complexity index is 820. The summed E-state index contributed by atoms with van der Waals surface area (Å²) in [5.74, 6) is -2.89. The number of nitrogens with one attached hydrogen (secondary N) is 2. The van der Waals surface area contributed by atoms with Crippen molar-refractivity contribution in [1.82, 2.24) is 10.6 Å². The Morgan fingerprint density at radius 3 is 2.29 bits per heavy atom. The first-order valence-electron chi connectivity index (χ1n) is 8.99. The number of amides is 2. The molecule has 2 rings (SSSR count). The summed E-state index contributed by atoms with van der Waals surface area (Å²) in [5.41, 5.74) is 0.235. The molecule has 0 bridgehead atoms. The third-order valence-corrected chi connectivity index (χ3v) is 4.31. The molecule has 2 N–H and O–H groups in total. The van der Waals surface area contributed by atoms with Gasteiger partial charge in [0.05, 0.1) is 7.11 Å². The van der Waals surface area contributed by atoms with Gasteiger partial charge in [-0.1, -0.05) is 38.1 Å². The molecule has 0 saturated heterocycles. The van der Waals surface area contributed by atoms with Gasteiger partial charge in [-0.25, -0.2) is 8.78 Å². The Hall–Kier alpha value is -2.96. The molecule has 0 spiro atoms. The lowest BCUT2D eigenvalue weighted by atomic mass is 10.0. The number of para-hydroxylation sites is 1. The third kappa shape index (κ3) is 5.28. The highest BCUT2D eigenvalue weighted by Gasteiger charge is 2.27. The van der Waals surface area contributed by atoms with Crippen LogP contribution in [0.15, 0.2) is 42.5 Å². The Balaban J connectivity index is 2.01. The molecule has 0 aliphatic heterocycles. The minimum atomic E-state index is -0.975. The first-order valence-corrected chi connectivity index (χ1v) is 8.99. The maximum atomic E-state index is 13.8. The number of methoxy groups -OCH3 is 1. The van der Waals surface area contributed by atoms with E-state index < -0.39 is 35.1 Å². The second-order valence-corrected chi connectivity index (χ2v) is 6.64. The average molecular weight is 390 g/mol. The molecule has 0 aliphatic carbocycles. The van der Waals surface area contributed by atoms with E-state index >= 15 is 0 Å². The van der Waals surface area contributed by atoms with Crippen molar-refractivity contribution in [1.29, 1.82) is 0 Å². The predicted octanol–water partition coefficient (Wildman–Crippen LogP) is 3.09. The molecule has 0 aliphatic rings. The van der Waals surface area contributed by atoms with Crippen LogP contribution >= 0.6 is 0 Å². The van der Waals surface area contributed by atoms with Gasteiger partial charge in [-0.15, -0.1) is 0 Å². The van der Waals surface area contributed by atoms with Crippen molar-refractivity contribution in [3.63, 3.8) is 0 Å². The van der Waals surface area contributed by atoms with Crippen LogP contribution in [0.3, 0.4) is 0 Å². The van der Waals surface area contributed by atoms with Crippen LogP contribution < -0.4 is 15.4 Å². The van der Waals surface area contributed by atoms with Gasteiger partial charge in [0.1, 0.15) is 29.0 Å². The number of halogens is 2. The molecule has 0 saturated carbocycles. The number of hydrogen-bond acceptors (Lipinski definition) is 3. The van der Waals surface area contributed by atoms with E-state index in [1.54, 1.807) is 21.0 Å². The lowest BCUT2D eigenvalue weighted by Crippen LogP contribution is -2.50. The minimum Gasteiger partial charge on any atom is -0.496 e. The van der Waals surface area contributed by atoms with Crippen LogP contribution in [0.5, 0.6) is 5.75 Å². The van der Waals surface area contributed by atoms with Crippen molar-refractivity contribution >= 4 is 11.8 Å². The monoisotopic (exact) mass is 390 g/mol. The lowest BCUT2D eigenvalue weighted by molar-refractivity contribution is -0.123. The van der Waals surface area contributed by atoms with Crippen molar-refractivity contribution in [2.45, 2.75) is 26.3 Å². The van der Waals surface area contributed by atoms with Gasteiger partial charge in [0.25, 0.3) is 5.91 Å². The van der Waals surface area contributed by atoms with Crippen molar-refractivity contribution in [3.05, 3.63) is 65.2 Å². The molecular formula is C21H24F2N2O3. The zero-order valence-electron chi connectivity index (χ0n) is 16.1. The molecule has 5 nitrogen and oxygen atoms in total. The van der Waals surface area contributed by atoms with E-state index in [9.17, 15) is 18.4 Å². The van der Waals surface area contributed by atoms with E-state index in [0.29, 0.717) is 13.0 Å². The standard InChI is InChI=1S/C21H24F2N2O3/c1-13(2)19(25-20(26)18-15(22)8-6-9-16(18)23)21(27)24-12-11-14-7-4-5-10-17(14)28-3/h4-10,13,19H,11-12H2,1-3H3,(H,24,27)(H,25,26). The van der Waals surface area contributed by atoms with E-state index in [0.717, 1.165) is 23.4 Å². The molecule has 1 unspecified atom stereocenters. The highest BCUT2D eigenvalue weighted by molar-refractivity contribution is 5.98. The fourth-order valence-electron chi connectivity index (χ4n) is 2.80. The van der Waals surface area contributed by atoms with Crippen LogP contribution in [0, 0.1) is 17.6 Å². The molecule has 2 aromatic carbocycles. The average Bonchev–Trinajstić information content (AvgIpc) is 2.66. The minimum absolute atomic E-state index is 0.273. The van der Waals surface area contributed by atoms with E-state index in [-0.39, 0.29) is 5.92 Å². The lowest BCUT2D eigenvalue weighted by Gasteiger charge is -2.22. The summed E-state index contributed by atoms with van der Waals surface area (Å²) in [4.78, 5) is 24.8. The van der Waals surface area contributed by atoms with Crippen LogP contribution in [0.2, 0.25) is 0 Å². The Labute approximate surface area is 163 Å². The smallest absolute Gasteiger partial charge is 0.257 e. The fourth-order valence-corrected chi connectivity index (χ4v) is 2.80. The number of carbonyl (C=O) groups excluding carboxylic acids is 2. The van der Waals surface area contributed by atoms with Gasteiger partial charge in [0.15, 0.2) is 0 Å². The molecule has 0 radical (unpaired) electrons. The third-order valence-electron chi connectivity index (χ3n) is 4.31. The normalized spacial score (nSPS) is 11.8. The second-order valence-electron chi connectivity index (χ2n) is 6.64. The van der Waals surface area contributed by atoms with Gasteiger partial charge in [0.2, 0.25) is 5.91 Å². The van der Waals surface area contributed by atoms with Crippen molar-refractivity contribution in [3.8, 4) is 5.75 Å². The number of hydrogen-bond donors (Lipinski definition) is 2. The maximum absolute atomic E-state index is 13.8. The molecule has 1 atom stereocenters. The quantitative estimate of drug-likeness (QED) is 0.728. The summed E-state index contributed by atoms with van der Waals surface area (Å²) in [7, 11) is 1.57. The largest absolute Gasteiger partial charge is 0.496 e. The molecule has 2 amide bonds. The summed E-state index contributed by atoms with van der Waals surface area (Å²) in [6.07, 6.45) is 0.538. The Kier molecular flexibility index (Phi) is 7.49. The van der Waals surface area contributed by atoms with Crippen LogP contribution in [-0.2, 0) is 11.2 Å². The molecule has 0 aromatic heterocycles. The van der Waals surface area contributed by atoms with E-state index in [1.165, 1.54) is 6.07 Å². The van der Waals surface area contributed by atoms with Gasteiger partial charge in [-0.05, 0) is 36.1 Å². The summed E-state index contributed by atoms with van der Waals surface area (Å²) < 4.78 is 32.9. The van der Waals surface area contributed by atoms with E-state index in [2.05, 4.69) is 10.6 Å². The zero-order chi connectivity index (χ0) is 20.7. The Morgan fingerprint density at radius 2 is 1.68 bits per heavy atom. The zero-order valence-corrected chi connectivity index (χ0v) is 16.1. The van der Waals surface area contributed by atoms with Crippen molar-refractivity contribution in [2.24, 2.45) is 5.92 Å². The van der Waals surface area contributed by atoms with Crippen LogP contribution in [0.1, 0.15) is 29.8 Å². The maximum Gasteiger partial charge on any atom is 0.257 e. The van der Waals surface area contributed by atoms with Gasteiger partial charge >= 0.3 is 0 Å². The summed E-state index contributed by atoms with van der Waals surface area (Å²) in [6, 6.07) is 9.69. The predicted molar refractivity (Wildman–Crippen MR) is 102 cm³/mol. The molecule has 2 aromatic rings. The molecule has 7 heteroatoms. The van der Waals surface area contributed by atoms with Crippen molar-refractivity contribution < 1.29 is 23.1 Å². The number of benzene rings is 2. The number of rotatable bonds is 8. The summed E-state index contributed by atoms with van der Waals surface area (Å²) in [6.45, 7) is 3.80. The van der Waals surface area contributed by atoms with E-state index in [4.69, 9.17) is 4.74 Å². The fraction of sp³-hybridized carbons (Fsp3) is 0.333. The molecule has 0 fully saturated rings. The van der Waals surface area contributed by atoms with Crippen molar-refractivity contribution in [2.75, 3.05) is 13.7 Å². The highest BCUT2D eigenvalue weighted by Crippen LogP contribution is 2.17. The SMILES string of the molecule is COc1ccccc1CCNC(=O)C(NC(=O)c1c(F)cccc1F)C(C)C. The van der Waals surface area contributed by atoms with Gasteiger partial charge in [-0.2, -0.15) is 0 Å². The Morgan fingerprint density at radius 1 is 1.04 bits per heavy atom. The summed E-state index contributed by atoms with van der Waals surface area (Å²) in [5, 5.41) is 5.18. The highest BCUT2D eigenvalue weighted by atomic mass is 19.1.